The summed E-state index contributed by atoms with van der Waals surface area (Å²) in [7, 11) is 6.64. The van der Waals surface area contributed by atoms with Crippen molar-refractivity contribution in [1.29, 1.82) is 0 Å². The third kappa shape index (κ3) is 7.02. The van der Waals surface area contributed by atoms with Gasteiger partial charge in [0, 0.05) is 50.8 Å². The molecule has 1 aromatic carbocycles. The Morgan fingerprint density at radius 2 is 1.69 bits per heavy atom. The number of rotatable bonds is 13. The predicted molar refractivity (Wildman–Crippen MR) is 123 cm³/mol. The lowest BCUT2D eigenvalue weighted by Gasteiger charge is -2.28. The molecule has 0 radical (unpaired) electrons. The maximum atomic E-state index is 13.3. The van der Waals surface area contributed by atoms with Gasteiger partial charge in [0.2, 0.25) is 5.91 Å². The van der Waals surface area contributed by atoms with Gasteiger partial charge in [-0.3, -0.25) is 9.59 Å². The molecule has 2 rings (SSSR count). The SMILES string of the molecule is CCCCN(CC(=O)N(CCOC)Cc1cccn1C)C(=O)c1cc(OC)cc(OC)c1. The molecule has 0 unspecified atom stereocenters. The maximum Gasteiger partial charge on any atom is 0.254 e. The molecule has 0 saturated carbocycles. The molecule has 0 aliphatic carbocycles. The molecule has 2 aromatic rings. The van der Waals surface area contributed by atoms with Crippen molar-refractivity contribution in [2.24, 2.45) is 7.05 Å². The van der Waals surface area contributed by atoms with Crippen molar-refractivity contribution in [2.75, 3.05) is 47.6 Å². The molecule has 0 spiro atoms. The zero-order valence-corrected chi connectivity index (χ0v) is 19.8. The van der Waals surface area contributed by atoms with Crippen molar-refractivity contribution in [3.8, 4) is 11.5 Å². The Morgan fingerprint density at radius 1 is 1.00 bits per heavy atom. The van der Waals surface area contributed by atoms with Gasteiger partial charge in [0.1, 0.15) is 18.0 Å². The molecule has 1 heterocycles. The monoisotopic (exact) mass is 445 g/mol. The molecule has 0 fully saturated rings. The number of aryl methyl sites for hydroxylation is 1. The van der Waals surface area contributed by atoms with Gasteiger partial charge < -0.3 is 28.6 Å². The molecule has 0 aliphatic rings. The highest BCUT2D eigenvalue weighted by molar-refractivity contribution is 5.97. The highest BCUT2D eigenvalue weighted by Gasteiger charge is 2.23. The Kier molecular flexibility index (Phi) is 10.1. The van der Waals surface area contributed by atoms with Gasteiger partial charge in [0.05, 0.1) is 27.4 Å². The van der Waals surface area contributed by atoms with Crippen LogP contribution in [0.5, 0.6) is 11.5 Å². The smallest absolute Gasteiger partial charge is 0.254 e. The molecule has 32 heavy (non-hydrogen) atoms. The summed E-state index contributed by atoms with van der Waals surface area (Å²) in [6.45, 7) is 3.86. The largest absolute Gasteiger partial charge is 0.497 e. The fraction of sp³-hybridized carbons (Fsp3) is 0.500. The molecule has 0 saturated heterocycles. The minimum absolute atomic E-state index is 0.00744. The van der Waals surface area contributed by atoms with Gasteiger partial charge in [0.25, 0.3) is 5.91 Å². The van der Waals surface area contributed by atoms with Crippen LogP contribution in [-0.4, -0.2) is 73.8 Å². The first-order valence-corrected chi connectivity index (χ1v) is 10.8. The number of amides is 2. The molecule has 0 atom stereocenters. The first kappa shape index (κ1) is 25.3. The van der Waals surface area contributed by atoms with Crippen molar-refractivity contribution in [2.45, 2.75) is 26.3 Å². The van der Waals surface area contributed by atoms with Crippen molar-refractivity contribution < 1.29 is 23.8 Å². The van der Waals surface area contributed by atoms with E-state index in [1.807, 2.05) is 29.9 Å². The number of hydrogen-bond donors (Lipinski definition) is 0. The van der Waals surface area contributed by atoms with E-state index in [1.165, 1.54) is 0 Å². The van der Waals surface area contributed by atoms with Gasteiger partial charge in [-0.25, -0.2) is 0 Å². The van der Waals surface area contributed by atoms with E-state index < -0.39 is 0 Å². The number of nitrogens with zero attached hydrogens (tertiary/aromatic N) is 3. The lowest BCUT2D eigenvalue weighted by atomic mass is 10.1. The van der Waals surface area contributed by atoms with E-state index in [-0.39, 0.29) is 18.4 Å². The number of benzene rings is 1. The van der Waals surface area contributed by atoms with Crippen LogP contribution in [-0.2, 0) is 23.1 Å². The predicted octanol–water partition coefficient (Wildman–Crippen LogP) is 2.96. The Hall–Kier alpha value is -3.00. The summed E-state index contributed by atoms with van der Waals surface area (Å²) in [5, 5.41) is 0. The minimum Gasteiger partial charge on any atom is -0.497 e. The summed E-state index contributed by atoms with van der Waals surface area (Å²) in [5.74, 6) is 0.705. The zero-order valence-electron chi connectivity index (χ0n) is 19.8. The lowest BCUT2D eigenvalue weighted by molar-refractivity contribution is -0.133. The van der Waals surface area contributed by atoms with E-state index in [2.05, 4.69) is 6.92 Å². The van der Waals surface area contributed by atoms with Crippen LogP contribution in [0.4, 0.5) is 0 Å². The van der Waals surface area contributed by atoms with Gasteiger partial charge >= 0.3 is 0 Å². The number of methoxy groups -OCH3 is 3. The number of carbonyl (C=O) groups is 2. The molecule has 176 valence electrons. The molecule has 2 amide bonds. The summed E-state index contributed by atoms with van der Waals surface area (Å²) in [5.41, 5.74) is 1.44. The van der Waals surface area contributed by atoms with Crippen LogP contribution in [0, 0.1) is 0 Å². The molecule has 8 heteroatoms. The second-order valence-electron chi connectivity index (χ2n) is 7.60. The van der Waals surface area contributed by atoms with Crippen LogP contribution < -0.4 is 9.47 Å². The molecule has 1 aromatic heterocycles. The number of aromatic nitrogens is 1. The minimum atomic E-state index is -0.227. The Balaban J connectivity index is 2.23. The van der Waals surface area contributed by atoms with E-state index in [0.717, 1.165) is 18.5 Å². The second kappa shape index (κ2) is 12.8. The van der Waals surface area contributed by atoms with Gasteiger partial charge in [-0.2, -0.15) is 0 Å². The molecule has 0 aliphatic heterocycles. The number of hydrogen-bond acceptors (Lipinski definition) is 5. The fourth-order valence-electron chi connectivity index (χ4n) is 3.33. The summed E-state index contributed by atoms with van der Waals surface area (Å²) in [6.07, 6.45) is 3.66. The van der Waals surface area contributed by atoms with Crippen molar-refractivity contribution in [3.63, 3.8) is 0 Å². The average Bonchev–Trinajstić information content (AvgIpc) is 3.22. The lowest BCUT2D eigenvalue weighted by Crippen LogP contribution is -2.44. The first-order valence-electron chi connectivity index (χ1n) is 10.8. The van der Waals surface area contributed by atoms with Gasteiger partial charge in [-0.05, 0) is 30.7 Å². The normalized spacial score (nSPS) is 10.7. The second-order valence-corrected chi connectivity index (χ2v) is 7.60. The molecular formula is C24H35N3O5. The quantitative estimate of drug-likeness (QED) is 0.474. The topological polar surface area (TPSA) is 73.2 Å². The van der Waals surface area contributed by atoms with Crippen molar-refractivity contribution >= 4 is 11.8 Å². The van der Waals surface area contributed by atoms with Crippen molar-refractivity contribution in [3.05, 3.63) is 47.8 Å². The summed E-state index contributed by atoms with van der Waals surface area (Å²) in [4.78, 5) is 29.9. The standard InChI is InChI=1S/C24H35N3O5/c1-6-7-11-27(24(29)19-14-21(31-4)16-22(15-19)32-5)18-23(28)26(12-13-30-3)17-20-9-8-10-25(20)2/h8-10,14-16H,6-7,11-13,17-18H2,1-5H3. The van der Waals surface area contributed by atoms with Crippen LogP contribution >= 0.6 is 0 Å². The van der Waals surface area contributed by atoms with Crippen LogP contribution in [0.25, 0.3) is 0 Å². The van der Waals surface area contributed by atoms with E-state index in [1.54, 1.807) is 49.3 Å². The fourth-order valence-corrected chi connectivity index (χ4v) is 3.33. The van der Waals surface area contributed by atoms with Gasteiger partial charge in [-0.15, -0.1) is 0 Å². The van der Waals surface area contributed by atoms with E-state index in [0.29, 0.717) is 43.3 Å². The molecule has 0 N–H and O–H groups in total. The average molecular weight is 446 g/mol. The summed E-state index contributed by atoms with van der Waals surface area (Å²) in [6, 6.07) is 8.98. The Labute approximate surface area is 190 Å². The maximum absolute atomic E-state index is 13.3. The first-order chi connectivity index (χ1) is 15.4. The van der Waals surface area contributed by atoms with Gasteiger partial charge in [-0.1, -0.05) is 13.3 Å². The molecule has 8 nitrogen and oxygen atoms in total. The highest BCUT2D eigenvalue weighted by Crippen LogP contribution is 2.23. The number of carbonyl (C=O) groups excluding carboxylic acids is 2. The van der Waals surface area contributed by atoms with E-state index in [4.69, 9.17) is 14.2 Å². The Bertz CT molecular complexity index is 858. The Morgan fingerprint density at radius 3 is 2.22 bits per heavy atom. The molecular weight excluding hydrogens is 410 g/mol. The number of unbranched alkanes of at least 4 members (excludes halogenated alkanes) is 1. The van der Waals surface area contributed by atoms with E-state index >= 15 is 0 Å². The van der Waals surface area contributed by atoms with Crippen LogP contribution in [0.1, 0.15) is 35.8 Å². The molecule has 0 bridgehead atoms. The third-order valence-corrected chi connectivity index (χ3v) is 5.32. The van der Waals surface area contributed by atoms with E-state index in [9.17, 15) is 9.59 Å². The van der Waals surface area contributed by atoms with Crippen LogP contribution in [0.2, 0.25) is 0 Å². The van der Waals surface area contributed by atoms with Gasteiger partial charge in [0.15, 0.2) is 0 Å². The van der Waals surface area contributed by atoms with Crippen LogP contribution in [0.3, 0.4) is 0 Å². The van der Waals surface area contributed by atoms with Crippen molar-refractivity contribution in [1.82, 2.24) is 14.4 Å². The third-order valence-electron chi connectivity index (χ3n) is 5.32. The summed E-state index contributed by atoms with van der Waals surface area (Å²) < 4.78 is 17.8. The highest BCUT2D eigenvalue weighted by atomic mass is 16.5. The summed E-state index contributed by atoms with van der Waals surface area (Å²) >= 11 is 0. The zero-order chi connectivity index (χ0) is 23.5. The number of ether oxygens (including phenoxy) is 3. The van der Waals surface area contributed by atoms with Crippen LogP contribution in [0.15, 0.2) is 36.5 Å².